The number of aromatic nitrogens is 1. The van der Waals surface area contributed by atoms with Crippen molar-refractivity contribution >= 4 is 5.82 Å². The zero-order valence-electron chi connectivity index (χ0n) is 9.89. The van der Waals surface area contributed by atoms with Gasteiger partial charge in [0, 0.05) is 12.2 Å². The summed E-state index contributed by atoms with van der Waals surface area (Å²) in [4.78, 5) is 4.12. The number of nitrogens with one attached hydrogen (secondary N) is 1. The van der Waals surface area contributed by atoms with E-state index in [2.05, 4.69) is 16.4 Å². The number of nitrogens with zero attached hydrogens (tertiary/aromatic N) is 2. The standard InChI is InChI=1S/C14H12FN3/c1-10(11-4-6-13(15)7-5-11)18-14-12(9-16)3-2-8-17-14/h2-8,10H,1H3,(H,17,18)/t10-/m0/s1. The fraction of sp³-hybridized carbons (Fsp3) is 0.143. The van der Waals surface area contributed by atoms with Gasteiger partial charge in [-0.2, -0.15) is 5.26 Å². The van der Waals surface area contributed by atoms with E-state index in [1.54, 1.807) is 30.5 Å². The predicted octanol–water partition coefficient (Wildman–Crippen LogP) is 3.27. The van der Waals surface area contributed by atoms with Crippen molar-refractivity contribution in [2.24, 2.45) is 0 Å². The van der Waals surface area contributed by atoms with E-state index in [-0.39, 0.29) is 11.9 Å². The Morgan fingerprint density at radius 3 is 2.67 bits per heavy atom. The quantitative estimate of drug-likeness (QED) is 0.897. The van der Waals surface area contributed by atoms with Crippen molar-refractivity contribution in [3.8, 4) is 6.07 Å². The minimum Gasteiger partial charge on any atom is -0.362 e. The van der Waals surface area contributed by atoms with E-state index >= 15 is 0 Å². The predicted molar refractivity (Wildman–Crippen MR) is 67.4 cm³/mol. The smallest absolute Gasteiger partial charge is 0.144 e. The Morgan fingerprint density at radius 1 is 1.28 bits per heavy atom. The molecule has 0 aliphatic carbocycles. The zero-order chi connectivity index (χ0) is 13.0. The molecule has 1 heterocycles. The van der Waals surface area contributed by atoms with E-state index in [1.807, 2.05) is 6.92 Å². The monoisotopic (exact) mass is 241 g/mol. The summed E-state index contributed by atoms with van der Waals surface area (Å²) < 4.78 is 12.8. The Hall–Kier alpha value is -2.41. The zero-order valence-corrected chi connectivity index (χ0v) is 9.89. The number of nitriles is 1. The molecule has 2 rings (SSSR count). The van der Waals surface area contributed by atoms with Crippen LogP contribution in [-0.4, -0.2) is 4.98 Å². The largest absolute Gasteiger partial charge is 0.362 e. The molecule has 18 heavy (non-hydrogen) atoms. The highest BCUT2D eigenvalue weighted by Crippen LogP contribution is 2.20. The Balaban J connectivity index is 2.19. The van der Waals surface area contributed by atoms with Gasteiger partial charge in [-0.3, -0.25) is 0 Å². The van der Waals surface area contributed by atoms with Crippen LogP contribution in [0.25, 0.3) is 0 Å². The van der Waals surface area contributed by atoms with E-state index in [0.717, 1.165) is 5.56 Å². The highest BCUT2D eigenvalue weighted by Gasteiger charge is 2.08. The van der Waals surface area contributed by atoms with Crippen molar-refractivity contribution in [1.29, 1.82) is 5.26 Å². The SMILES string of the molecule is C[C@H](Nc1ncccc1C#N)c1ccc(F)cc1. The molecule has 1 N–H and O–H groups in total. The second-order valence-electron chi connectivity index (χ2n) is 3.93. The molecule has 2 aromatic rings. The first-order chi connectivity index (χ1) is 8.70. The van der Waals surface area contributed by atoms with Crippen LogP contribution in [0.5, 0.6) is 0 Å². The first-order valence-electron chi connectivity index (χ1n) is 5.58. The highest BCUT2D eigenvalue weighted by atomic mass is 19.1. The van der Waals surface area contributed by atoms with E-state index in [9.17, 15) is 4.39 Å². The maximum atomic E-state index is 12.8. The molecule has 0 aliphatic rings. The fourth-order valence-corrected chi connectivity index (χ4v) is 1.65. The second kappa shape index (κ2) is 5.28. The van der Waals surface area contributed by atoms with Gasteiger partial charge in [-0.05, 0) is 36.8 Å². The summed E-state index contributed by atoms with van der Waals surface area (Å²) in [5, 5.41) is 12.1. The molecule has 0 fully saturated rings. The lowest BCUT2D eigenvalue weighted by molar-refractivity contribution is 0.626. The molecule has 4 heteroatoms. The van der Waals surface area contributed by atoms with Crippen LogP contribution in [0.15, 0.2) is 42.6 Å². The van der Waals surface area contributed by atoms with Crippen molar-refractivity contribution in [3.63, 3.8) is 0 Å². The molecule has 0 saturated carbocycles. The molecule has 1 aromatic heterocycles. The molecule has 0 aliphatic heterocycles. The van der Waals surface area contributed by atoms with Crippen molar-refractivity contribution in [1.82, 2.24) is 4.98 Å². The number of benzene rings is 1. The van der Waals surface area contributed by atoms with Gasteiger partial charge >= 0.3 is 0 Å². The molecule has 0 amide bonds. The third-order valence-corrected chi connectivity index (χ3v) is 2.65. The summed E-state index contributed by atoms with van der Waals surface area (Å²) in [6.45, 7) is 1.93. The number of rotatable bonds is 3. The lowest BCUT2D eigenvalue weighted by Gasteiger charge is -2.15. The molecule has 3 nitrogen and oxygen atoms in total. The van der Waals surface area contributed by atoms with Gasteiger partial charge in [-0.15, -0.1) is 0 Å². The van der Waals surface area contributed by atoms with Gasteiger partial charge < -0.3 is 5.32 Å². The first-order valence-corrected chi connectivity index (χ1v) is 5.58. The average molecular weight is 241 g/mol. The summed E-state index contributed by atoms with van der Waals surface area (Å²) in [6, 6.07) is 11.7. The number of pyridine rings is 1. The fourth-order valence-electron chi connectivity index (χ4n) is 1.65. The van der Waals surface area contributed by atoms with Crippen molar-refractivity contribution in [2.75, 3.05) is 5.32 Å². The summed E-state index contributed by atoms with van der Waals surface area (Å²) in [6.07, 6.45) is 1.63. The van der Waals surface area contributed by atoms with Gasteiger partial charge in [0.1, 0.15) is 17.7 Å². The lowest BCUT2D eigenvalue weighted by atomic mass is 10.1. The third-order valence-electron chi connectivity index (χ3n) is 2.65. The Morgan fingerprint density at radius 2 is 2.00 bits per heavy atom. The second-order valence-corrected chi connectivity index (χ2v) is 3.93. The van der Waals surface area contributed by atoms with Gasteiger partial charge in [-0.1, -0.05) is 12.1 Å². The maximum Gasteiger partial charge on any atom is 0.144 e. The van der Waals surface area contributed by atoms with E-state index in [4.69, 9.17) is 5.26 Å². The highest BCUT2D eigenvalue weighted by molar-refractivity contribution is 5.52. The maximum absolute atomic E-state index is 12.8. The molecule has 0 spiro atoms. The van der Waals surface area contributed by atoms with Crippen LogP contribution in [0.3, 0.4) is 0 Å². The van der Waals surface area contributed by atoms with Gasteiger partial charge in [0.15, 0.2) is 0 Å². The summed E-state index contributed by atoms with van der Waals surface area (Å²) in [7, 11) is 0. The van der Waals surface area contributed by atoms with Crippen molar-refractivity contribution in [2.45, 2.75) is 13.0 Å². The van der Waals surface area contributed by atoms with Crippen LogP contribution in [-0.2, 0) is 0 Å². The van der Waals surface area contributed by atoms with Gasteiger partial charge in [-0.25, -0.2) is 9.37 Å². The average Bonchev–Trinajstić information content (AvgIpc) is 2.40. The van der Waals surface area contributed by atoms with Gasteiger partial charge in [0.2, 0.25) is 0 Å². The van der Waals surface area contributed by atoms with Crippen LogP contribution < -0.4 is 5.32 Å². The number of anilines is 1. The topological polar surface area (TPSA) is 48.7 Å². The number of halogens is 1. The molecule has 0 radical (unpaired) electrons. The molecule has 1 aromatic carbocycles. The minimum absolute atomic E-state index is 0.0485. The molecule has 90 valence electrons. The molecule has 0 unspecified atom stereocenters. The molecular weight excluding hydrogens is 229 g/mol. The van der Waals surface area contributed by atoms with Gasteiger partial charge in [0.05, 0.1) is 5.56 Å². The van der Waals surface area contributed by atoms with Crippen LogP contribution >= 0.6 is 0 Å². The van der Waals surface area contributed by atoms with Crippen molar-refractivity contribution in [3.05, 3.63) is 59.5 Å². The molecule has 0 bridgehead atoms. The van der Waals surface area contributed by atoms with Crippen LogP contribution in [0.1, 0.15) is 24.1 Å². The van der Waals surface area contributed by atoms with E-state index < -0.39 is 0 Å². The molecule has 1 atom stereocenters. The van der Waals surface area contributed by atoms with E-state index in [0.29, 0.717) is 11.4 Å². The normalized spacial score (nSPS) is 11.6. The van der Waals surface area contributed by atoms with Crippen LogP contribution in [0, 0.1) is 17.1 Å². The third kappa shape index (κ3) is 2.64. The Labute approximate surface area is 105 Å². The molecule has 0 saturated heterocycles. The molecular formula is C14H12FN3. The number of hydrogen-bond acceptors (Lipinski definition) is 3. The van der Waals surface area contributed by atoms with Crippen LogP contribution in [0.2, 0.25) is 0 Å². The van der Waals surface area contributed by atoms with E-state index in [1.165, 1.54) is 12.1 Å². The van der Waals surface area contributed by atoms with Crippen molar-refractivity contribution < 1.29 is 4.39 Å². The Bertz CT molecular complexity index is 572. The van der Waals surface area contributed by atoms with Gasteiger partial charge in [0.25, 0.3) is 0 Å². The minimum atomic E-state index is -0.262. The lowest BCUT2D eigenvalue weighted by Crippen LogP contribution is -2.09. The first kappa shape index (κ1) is 12.1. The van der Waals surface area contributed by atoms with Crippen LogP contribution in [0.4, 0.5) is 10.2 Å². The summed E-state index contributed by atoms with van der Waals surface area (Å²) in [5.74, 6) is 0.276. The summed E-state index contributed by atoms with van der Waals surface area (Å²) in [5.41, 5.74) is 1.43. The summed E-state index contributed by atoms with van der Waals surface area (Å²) >= 11 is 0. The Kier molecular flexibility index (Phi) is 3.54. The number of hydrogen-bond donors (Lipinski definition) is 1.